The molecule has 0 bridgehead atoms. The Morgan fingerprint density at radius 2 is 1.79 bits per heavy atom. The number of ether oxygens (including phenoxy) is 1. The fraction of sp³-hybridized carbons (Fsp3) is 0.111. The van der Waals surface area contributed by atoms with Crippen molar-refractivity contribution in [1.82, 2.24) is 14.5 Å². The van der Waals surface area contributed by atoms with E-state index >= 15 is 0 Å². The Morgan fingerprint density at radius 3 is 2.50 bits per heavy atom. The second kappa shape index (κ2) is 5.13. The first-order valence-electron chi connectivity index (χ1n) is 7.53. The van der Waals surface area contributed by atoms with E-state index in [4.69, 9.17) is 16.2 Å². The lowest BCUT2D eigenvalue weighted by molar-refractivity contribution is 0.415. The molecule has 4 rings (SSSR count). The summed E-state index contributed by atoms with van der Waals surface area (Å²) in [7, 11) is 3.67. The van der Waals surface area contributed by atoms with Crippen molar-refractivity contribution < 1.29 is 4.74 Å². The zero-order valence-electron chi connectivity index (χ0n) is 13.4. The number of methoxy groups -OCH3 is 1. The summed E-state index contributed by atoms with van der Waals surface area (Å²) in [6.07, 6.45) is 2.01. The predicted octanol–water partition coefficient (Wildman–Crippen LogP) is 2.96. The van der Waals surface area contributed by atoms with E-state index in [1.54, 1.807) is 7.11 Å². The molecule has 0 saturated carbocycles. The molecule has 2 aromatic heterocycles. The van der Waals surface area contributed by atoms with Gasteiger partial charge >= 0.3 is 0 Å². The Hall–Kier alpha value is -3.28. The van der Waals surface area contributed by atoms with Crippen LogP contribution in [0.15, 0.2) is 42.6 Å². The number of benzene rings is 2. The number of nitrogen functional groups attached to an aromatic ring is 2. The summed E-state index contributed by atoms with van der Waals surface area (Å²) in [5.74, 6) is 1.39. The van der Waals surface area contributed by atoms with Gasteiger partial charge in [-0.15, -0.1) is 0 Å². The van der Waals surface area contributed by atoms with Crippen LogP contribution in [0, 0.1) is 0 Å². The summed E-state index contributed by atoms with van der Waals surface area (Å²) in [5, 5.41) is 1.84. The zero-order valence-corrected chi connectivity index (χ0v) is 13.4. The fourth-order valence-electron chi connectivity index (χ4n) is 3.16. The van der Waals surface area contributed by atoms with Crippen LogP contribution >= 0.6 is 0 Å². The van der Waals surface area contributed by atoms with Crippen LogP contribution in [0.2, 0.25) is 0 Å². The maximum Gasteiger partial charge on any atom is 0.222 e. The van der Waals surface area contributed by atoms with Crippen LogP contribution < -0.4 is 16.2 Å². The van der Waals surface area contributed by atoms with Crippen molar-refractivity contribution in [3.05, 3.63) is 42.6 Å². The van der Waals surface area contributed by atoms with E-state index < -0.39 is 0 Å². The number of aromatic nitrogens is 3. The van der Waals surface area contributed by atoms with Crippen LogP contribution in [0.4, 0.5) is 11.8 Å². The Bertz CT molecular complexity index is 1070. The summed E-state index contributed by atoms with van der Waals surface area (Å²) >= 11 is 0. The molecule has 2 aromatic carbocycles. The Kier molecular flexibility index (Phi) is 3.06. The minimum absolute atomic E-state index is 0.177. The van der Waals surface area contributed by atoms with Crippen molar-refractivity contribution in [2.45, 2.75) is 0 Å². The fourth-order valence-corrected chi connectivity index (χ4v) is 3.16. The number of hydrogen-bond acceptors (Lipinski definition) is 5. The maximum atomic E-state index is 6.10. The van der Waals surface area contributed by atoms with Gasteiger partial charge in [0.15, 0.2) is 0 Å². The minimum atomic E-state index is 0.177. The Labute approximate surface area is 138 Å². The van der Waals surface area contributed by atoms with E-state index in [0.717, 1.165) is 38.7 Å². The third-order valence-electron chi connectivity index (χ3n) is 4.26. The molecule has 0 aliphatic carbocycles. The van der Waals surface area contributed by atoms with Gasteiger partial charge in [-0.25, -0.2) is 4.98 Å². The molecule has 6 heteroatoms. The van der Waals surface area contributed by atoms with Gasteiger partial charge in [0, 0.05) is 24.2 Å². The standard InChI is InChI=1S/C18H17N5O/c1-23-8-7-12-15-14(21-18(20)22-17(15)19)9-13(16(12)23)10-3-5-11(24-2)6-4-10/h3-9H,1-2H3,(H4,19,20,21,22). The molecule has 0 atom stereocenters. The molecule has 0 saturated heterocycles. The molecular formula is C18H17N5O. The van der Waals surface area contributed by atoms with Gasteiger partial charge in [-0.3, -0.25) is 0 Å². The van der Waals surface area contributed by atoms with Gasteiger partial charge in [0.25, 0.3) is 0 Å². The van der Waals surface area contributed by atoms with Crippen molar-refractivity contribution in [2.24, 2.45) is 7.05 Å². The first kappa shape index (κ1) is 14.3. The van der Waals surface area contributed by atoms with Crippen LogP contribution in [-0.4, -0.2) is 21.6 Å². The van der Waals surface area contributed by atoms with E-state index in [1.165, 1.54) is 0 Å². The molecular weight excluding hydrogens is 302 g/mol. The number of anilines is 2. The topological polar surface area (TPSA) is 92.0 Å². The lowest BCUT2D eigenvalue weighted by Gasteiger charge is -2.11. The first-order valence-corrected chi connectivity index (χ1v) is 7.53. The first-order chi connectivity index (χ1) is 11.6. The predicted molar refractivity (Wildman–Crippen MR) is 96.8 cm³/mol. The normalized spacial score (nSPS) is 11.2. The maximum absolute atomic E-state index is 6.10. The van der Waals surface area contributed by atoms with Crippen LogP contribution in [0.5, 0.6) is 5.75 Å². The molecule has 4 N–H and O–H groups in total. The molecule has 2 heterocycles. The van der Waals surface area contributed by atoms with Gasteiger partial charge in [0.05, 0.1) is 23.5 Å². The quantitative estimate of drug-likeness (QED) is 0.592. The Morgan fingerprint density at radius 1 is 1.04 bits per heavy atom. The molecule has 0 fully saturated rings. The third kappa shape index (κ3) is 2.04. The Balaban J connectivity index is 2.11. The number of fused-ring (bicyclic) bond motifs is 3. The molecule has 120 valence electrons. The molecule has 0 amide bonds. The van der Waals surface area contributed by atoms with Gasteiger partial charge in [-0.1, -0.05) is 12.1 Å². The average Bonchev–Trinajstić information content (AvgIpc) is 2.95. The number of aryl methyl sites for hydroxylation is 1. The molecule has 0 aliphatic heterocycles. The van der Waals surface area contributed by atoms with E-state index in [0.29, 0.717) is 5.82 Å². The van der Waals surface area contributed by atoms with Gasteiger partial charge in [0.2, 0.25) is 5.95 Å². The van der Waals surface area contributed by atoms with E-state index in [1.807, 2.05) is 49.6 Å². The van der Waals surface area contributed by atoms with E-state index in [9.17, 15) is 0 Å². The molecule has 0 unspecified atom stereocenters. The summed E-state index contributed by atoms with van der Waals surface area (Å²) < 4.78 is 7.32. The number of nitrogens with zero attached hydrogens (tertiary/aromatic N) is 3. The molecule has 4 aromatic rings. The molecule has 0 aliphatic rings. The van der Waals surface area contributed by atoms with Crippen LogP contribution in [-0.2, 0) is 7.05 Å². The molecule has 24 heavy (non-hydrogen) atoms. The summed E-state index contributed by atoms with van der Waals surface area (Å²) in [6.45, 7) is 0. The van der Waals surface area contributed by atoms with E-state index in [-0.39, 0.29) is 5.95 Å². The number of nitrogens with two attached hydrogens (primary N) is 2. The lowest BCUT2D eigenvalue weighted by Crippen LogP contribution is -2.01. The van der Waals surface area contributed by atoms with Crippen LogP contribution in [0.1, 0.15) is 0 Å². The van der Waals surface area contributed by atoms with Crippen molar-refractivity contribution in [3.8, 4) is 16.9 Å². The summed E-state index contributed by atoms with van der Waals surface area (Å²) in [5.41, 5.74) is 15.8. The van der Waals surface area contributed by atoms with Gasteiger partial charge in [-0.05, 0) is 29.8 Å². The molecule has 6 nitrogen and oxygen atoms in total. The zero-order chi connectivity index (χ0) is 16.8. The number of rotatable bonds is 2. The van der Waals surface area contributed by atoms with Crippen molar-refractivity contribution in [2.75, 3.05) is 18.6 Å². The second-order valence-electron chi connectivity index (χ2n) is 5.70. The SMILES string of the molecule is COc1ccc(-c2cc3nc(N)nc(N)c3c3ccn(C)c23)cc1. The second-order valence-corrected chi connectivity index (χ2v) is 5.70. The number of hydrogen-bond donors (Lipinski definition) is 2. The lowest BCUT2D eigenvalue weighted by atomic mass is 9.99. The average molecular weight is 319 g/mol. The highest BCUT2D eigenvalue weighted by Crippen LogP contribution is 2.37. The van der Waals surface area contributed by atoms with Crippen LogP contribution in [0.25, 0.3) is 32.9 Å². The molecule has 0 spiro atoms. The minimum Gasteiger partial charge on any atom is -0.497 e. The van der Waals surface area contributed by atoms with Gasteiger partial charge in [0.1, 0.15) is 11.6 Å². The van der Waals surface area contributed by atoms with E-state index in [2.05, 4.69) is 14.5 Å². The summed E-state index contributed by atoms with van der Waals surface area (Å²) in [4.78, 5) is 8.47. The van der Waals surface area contributed by atoms with Gasteiger partial charge in [-0.2, -0.15) is 4.98 Å². The summed E-state index contributed by atoms with van der Waals surface area (Å²) in [6, 6.07) is 12.0. The largest absolute Gasteiger partial charge is 0.497 e. The van der Waals surface area contributed by atoms with Gasteiger partial charge < -0.3 is 20.8 Å². The van der Waals surface area contributed by atoms with Crippen molar-refractivity contribution in [3.63, 3.8) is 0 Å². The smallest absolute Gasteiger partial charge is 0.222 e. The highest BCUT2D eigenvalue weighted by molar-refractivity contribution is 6.15. The monoisotopic (exact) mass is 319 g/mol. The van der Waals surface area contributed by atoms with Crippen LogP contribution in [0.3, 0.4) is 0 Å². The molecule has 0 radical (unpaired) electrons. The highest BCUT2D eigenvalue weighted by Gasteiger charge is 2.15. The van der Waals surface area contributed by atoms with Crippen molar-refractivity contribution in [1.29, 1.82) is 0 Å². The third-order valence-corrected chi connectivity index (χ3v) is 4.26. The highest BCUT2D eigenvalue weighted by atomic mass is 16.5. The van der Waals surface area contributed by atoms with Crippen molar-refractivity contribution >= 4 is 33.6 Å².